The normalized spacial score (nSPS) is 12.0. The Balaban J connectivity index is 3.33. The van der Waals surface area contributed by atoms with Crippen LogP contribution in [0.25, 0.3) is 0 Å². The first kappa shape index (κ1) is 8.04. The first-order valence-electron chi connectivity index (χ1n) is 3.57. The minimum Gasteiger partial charge on any atom is -0.274 e. The van der Waals surface area contributed by atoms with Crippen molar-refractivity contribution < 1.29 is 0 Å². The van der Waals surface area contributed by atoms with Gasteiger partial charge >= 0.3 is 5.69 Å². The molecule has 0 amide bonds. The first-order valence-corrected chi connectivity index (χ1v) is 3.57. The summed E-state index contributed by atoms with van der Waals surface area (Å²) in [6.07, 6.45) is 0. The molecule has 1 aromatic rings. The van der Waals surface area contributed by atoms with E-state index in [1.54, 1.807) is 4.57 Å². The Labute approximate surface area is 65.2 Å². The van der Waals surface area contributed by atoms with E-state index in [4.69, 9.17) is 0 Å². The second kappa shape index (κ2) is 2.22. The average molecular weight is 155 g/mol. The summed E-state index contributed by atoms with van der Waals surface area (Å²) in [6, 6.07) is 0. The summed E-state index contributed by atoms with van der Waals surface area (Å²) in [5.74, 6) is 0.725. The summed E-state index contributed by atoms with van der Waals surface area (Å²) in [5, 5.41) is 6.21. The molecule has 0 saturated carbocycles. The summed E-state index contributed by atoms with van der Waals surface area (Å²) in [4.78, 5) is 11.1. The Bertz CT molecular complexity index is 302. The SMILES string of the molecule is Cc1n[nH]c(=O)n1C(C)(C)C. The predicted octanol–water partition coefficient (Wildman–Crippen LogP) is 0.635. The second-order valence-electron chi connectivity index (χ2n) is 3.58. The zero-order chi connectivity index (χ0) is 8.65. The Kier molecular flexibility index (Phi) is 1.62. The van der Waals surface area contributed by atoms with Gasteiger partial charge in [0.15, 0.2) is 0 Å². The number of H-pyrrole nitrogens is 1. The fourth-order valence-electron chi connectivity index (χ4n) is 1.17. The lowest BCUT2D eigenvalue weighted by Gasteiger charge is -2.19. The molecule has 0 saturated heterocycles. The molecule has 62 valence electrons. The number of nitrogens with one attached hydrogen (secondary N) is 1. The van der Waals surface area contributed by atoms with E-state index in [0.717, 1.165) is 5.82 Å². The smallest absolute Gasteiger partial charge is 0.274 e. The van der Waals surface area contributed by atoms with E-state index in [2.05, 4.69) is 10.2 Å². The van der Waals surface area contributed by atoms with Gasteiger partial charge in [-0.3, -0.25) is 4.57 Å². The third kappa shape index (κ3) is 1.34. The summed E-state index contributed by atoms with van der Waals surface area (Å²) in [7, 11) is 0. The lowest BCUT2D eigenvalue weighted by Crippen LogP contribution is -2.32. The lowest BCUT2D eigenvalue weighted by atomic mass is 10.1. The van der Waals surface area contributed by atoms with Crippen molar-refractivity contribution in [3.63, 3.8) is 0 Å². The summed E-state index contributed by atoms with van der Waals surface area (Å²) >= 11 is 0. The maximum Gasteiger partial charge on any atom is 0.343 e. The van der Waals surface area contributed by atoms with Crippen LogP contribution in [0, 0.1) is 6.92 Å². The van der Waals surface area contributed by atoms with Crippen molar-refractivity contribution >= 4 is 0 Å². The molecule has 11 heavy (non-hydrogen) atoms. The van der Waals surface area contributed by atoms with E-state index in [9.17, 15) is 4.79 Å². The lowest BCUT2D eigenvalue weighted by molar-refractivity contribution is 0.376. The highest BCUT2D eigenvalue weighted by Crippen LogP contribution is 2.10. The van der Waals surface area contributed by atoms with Crippen LogP contribution in [0.4, 0.5) is 0 Å². The van der Waals surface area contributed by atoms with Gasteiger partial charge in [0.25, 0.3) is 0 Å². The molecule has 1 aromatic heterocycles. The molecule has 0 radical (unpaired) electrons. The number of aromatic nitrogens is 3. The molecule has 0 bridgehead atoms. The van der Waals surface area contributed by atoms with Gasteiger partial charge in [-0.1, -0.05) is 0 Å². The van der Waals surface area contributed by atoms with Crippen LogP contribution in [0.3, 0.4) is 0 Å². The zero-order valence-corrected chi connectivity index (χ0v) is 7.30. The van der Waals surface area contributed by atoms with Crippen molar-refractivity contribution in [2.45, 2.75) is 33.2 Å². The molecular formula is C7H13N3O. The fourth-order valence-corrected chi connectivity index (χ4v) is 1.17. The Morgan fingerprint density at radius 1 is 1.45 bits per heavy atom. The van der Waals surface area contributed by atoms with E-state index in [1.807, 2.05) is 27.7 Å². The van der Waals surface area contributed by atoms with Gasteiger partial charge in [-0.25, -0.2) is 9.89 Å². The Morgan fingerprint density at radius 3 is 2.18 bits per heavy atom. The number of aromatic amines is 1. The molecule has 0 atom stereocenters. The van der Waals surface area contributed by atoms with Gasteiger partial charge in [0, 0.05) is 5.54 Å². The van der Waals surface area contributed by atoms with Crippen LogP contribution in [-0.2, 0) is 5.54 Å². The summed E-state index contributed by atoms with van der Waals surface area (Å²) < 4.78 is 1.63. The summed E-state index contributed by atoms with van der Waals surface area (Å²) in [6.45, 7) is 7.72. The van der Waals surface area contributed by atoms with Crippen LogP contribution in [0.2, 0.25) is 0 Å². The molecule has 0 aromatic carbocycles. The van der Waals surface area contributed by atoms with E-state index in [0.29, 0.717) is 0 Å². The van der Waals surface area contributed by atoms with Crippen LogP contribution in [0.1, 0.15) is 26.6 Å². The minimum atomic E-state index is -0.186. The molecule has 1 N–H and O–H groups in total. The van der Waals surface area contributed by atoms with Gasteiger partial charge in [0.1, 0.15) is 5.82 Å². The van der Waals surface area contributed by atoms with E-state index in [-0.39, 0.29) is 11.2 Å². The molecule has 1 heterocycles. The van der Waals surface area contributed by atoms with Gasteiger partial charge < -0.3 is 0 Å². The van der Waals surface area contributed by atoms with E-state index < -0.39 is 0 Å². The van der Waals surface area contributed by atoms with Gasteiger partial charge in [0.05, 0.1) is 0 Å². The monoisotopic (exact) mass is 155 g/mol. The molecule has 0 fully saturated rings. The summed E-state index contributed by atoms with van der Waals surface area (Å²) in [5.41, 5.74) is -0.330. The average Bonchev–Trinajstić information content (AvgIpc) is 2.08. The minimum absolute atomic E-state index is 0.144. The largest absolute Gasteiger partial charge is 0.343 e. The predicted molar refractivity (Wildman–Crippen MR) is 42.6 cm³/mol. The zero-order valence-electron chi connectivity index (χ0n) is 7.30. The molecule has 1 rings (SSSR count). The molecular weight excluding hydrogens is 142 g/mol. The van der Waals surface area contributed by atoms with Crippen molar-refractivity contribution in [3.05, 3.63) is 16.3 Å². The van der Waals surface area contributed by atoms with Gasteiger partial charge in [-0.05, 0) is 27.7 Å². The van der Waals surface area contributed by atoms with E-state index >= 15 is 0 Å². The maximum absolute atomic E-state index is 11.1. The van der Waals surface area contributed by atoms with Gasteiger partial charge in [-0.2, -0.15) is 5.10 Å². The van der Waals surface area contributed by atoms with Gasteiger partial charge in [-0.15, -0.1) is 0 Å². The topological polar surface area (TPSA) is 50.7 Å². The van der Waals surface area contributed by atoms with E-state index in [1.165, 1.54) is 0 Å². The van der Waals surface area contributed by atoms with Crippen LogP contribution in [-0.4, -0.2) is 14.8 Å². The van der Waals surface area contributed by atoms with Crippen LogP contribution >= 0.6 is 0 Å². The molecule has 0 spiro atoms. The number of aryl methyl sites for hydroxylation is 1. The van der Waals surface area contributed by atoms with Crippen LogP contribution in [0.15, 0.2) is 4.79 Å². The highest BCUT2D eigenvalue weighted by atomic mass is 16.1. The van der Waals surface area contributed by atoms with Crippen molar-refractivity contribution in [3.8, 4) is 0 Å². The molecule has 0 aliphatic carbocycles. The van der Waals surface area contributed by atoms with Crippen LogP contribution < -0.4 is 5.69 Å². The third-order valence-electron chi connectivity index (χ3n) is 1.51. The number of hydrogen-bond acceptors (Lipinski definition) is 2. The quantitative estimate of drug-likeness (QED) is 0.597. The highest BCUT2D eigenvalue weighted by molar-refractivity contribution is 4.88. The highest BCUT2D eigenvalue weighted by Gasteiger charge is 2.17. The number of rotatable bonds is 0. The van der Waals surface area contributed by atoms with Crippen molar-refractivity contribution in [2.24, 2.45) is 0 Å². The molecule has 0 aliphatic rings. The fraction of sp³-hybridized carbons (Fsp3) is 0.714. The van der Waals surface area contributed by atoms with Crippen molar-refractivity contribution in [1.82, 2.24) is 14.8 Å². The molecule has 0 aliphatic heterocycles. The Morgan fingerprint density at radius 2 is 2.00 bits per heavy atom. The second-order valence-corrected chi connectivity index (χ2v) is 3.58. The third-order valence-corrected chi connectivity index (χ3v) is 1.51. The molecule has 0 unspecified atom stereocenters. The molecule has 4 heteroatoms. The molecule has 4 nitrogen and oxygen atoms in total. The van der Waals surface area contributed by atoms with Crippen molar-refractivity contribution in [2.75, 3.05) is 0 Å². The van der Waals surface area contributed by atoms with Crippen molar-refractivity contribution in [1.29, 1.82) is 0 Å². The standard InChI is InChI=1S/C7H13N3O/c1-5-8-9-6(11)10(5)7(2,3)4/h1-4H3,(H,9,11). The maximum atomic E-state index is 11.1. The Hall–Kier alpha value is -1.06. The van der Waals surface area contributed by atoms with Crippen LogP contribution in [0.5, 0.6) is 0 Å². The first-order chi connectivity index (χ1) is 4.93. The van der Waals surface area contributed by atoms with Gasteiger partial charge in [0.2, 0.25) is 0 Å². The number of hydrogen-bond donors (Lipinski definition) is 1. The number of nitrogens with zero attached hydrogens (tertiary/aromatic N) is 2.